The highest BCUT2D eigenvalue weighted by molar-refractivity contribution is 5.78. The van der Waals surface area contributed by atoms with Crippen LogP contribution in [0.4, 0.5) is 0 Å². The summed E-state index contributed by atoms with van der Waals surface area (Å²) in [5.74, 6) is 3.00. The van der Waals surface area contributed by atoms with Crippen molar-refractivity contribution in [2.45, 2.75) is 63.1 Å². The van der Waals surface area contributed by atoms with E-state index < -0.39 is 0 Å². The van der Waals surface area contributed by atoms with Crippen LogP contribution >= 0.6 is 0 Å². The Kier molecular flexibility index (Phi) is 3.08. The van der Waals surface area contributed by atoms with E-state index in [1.54, 1.807) is 0 Å². The monoisotopic (exact) mass is 277 g/mol. The van der Waals surface area contributed by atoms with E-state index in [-0.39, 0.29) is 17.6 Å². The van der Waals surface area contributed by atoms with E-state index in [1.807, 2.05) is 4.90 Å². The first-order valence-corrected chi connectivity index (χ1v) is 8.44. The van der Waals surface area contributed by atoms with Crippen molar-refractivity contribution in [1.82, 2.24) is 10.2 Å². The maximum atomic E-state index is 12.3. The third kappa shape index (κ3) is 2.17. The minimum Gasteiger partial charge on any atom is -0.326 e. The molecule has 3 N–H and O–H groups in total. The molecule has 20 heavy (non-hydrogen) atoms. The van der Waals surface area contributed by atoms with Gasteiger partial charge in [-0.2, -0.15) is 0 Å². The predicted octanol–water partition coefficient (Wildman–Crippen LogP) is 1.45. The zero-order valence-electron chi connectivity index (χ0n) is 12.3. The van der Waals surface area contributed by atoms with Crippen molar-refractivity contribution in [2.24, 2.45) is 23.5 Å². The molecule has 112 valence electrons. The van der Waals surface area contributed by atoms with Gasteiger partial charge in [0.05, 0.1) is 12.7 Å². The van der Waals surface area contributed by atoms with Gasteiger partial charge >= 0.3 is 0 Å². The molecule has 0 aromatic heterocycles. The lowest BCUT2D eigenvalue weighted by Crippen LogP contribution is -2.60. The van der Waals surface area contributed by atoms with Crippen molar-refractivity contribution in [1.29, 1.82) is 0 Å². The van der Waals surface area contributed by atoms with E-state index in [0.29, 0.717) is 6.54 Å². The SMILES string of the molecule is N[C@@H]1CCCN1C(=O)CNC12CC3CC(CC(C3)C1)C2. The van der Waals surface area contributed by atoms with E-state index in [1.165, 1.54) is 38.5 Å². The molecule has 1 saturated heterocycles. The summed E-state index contributed by atoms with van der Waals surface area (Å²) >= 11 is 0. The Labute approximate surface area is 121 Å². The van der Waals surface area contributed by atoms with Crippen molar-refractivity contribution in [2.75, 3.05) is 13.1 Å². The van der Waals surface area contributed by atoms with Crippen molar-refractivity contribution >= 4 is 5.91 Å². The summed E-state index contributed by atoms with van der Waals surface area (Å²) in [7, 11) is 0. The molecule has 1 heterocycles. The third-order valence-electron chi connectivity index (χ3n) is 6.27. The van der Waals surface area contributed by atoms with Crippen LogP contribution in [0.2, 0.25) is 0 Å². The van der Waals surface area contributed by atoms with E-state index in [9.17, 15) is 4.79 Å². The minimum absolute atomic E-state index is 0.0411. The number of hydrogen-bond acceptors (Lipinski definition) is 3. The topological polar surface area (TPSA) is 58.4 Å². The van der Waals surface area contributed by atoms with Gasteiger partial charge in [-0.15, -0.1) is 0 Å². The molecule has 4 aliphatic carbocycles. The number of rotatable bonds is 3. The van der Waals surface area contributed by atoms with E-state index in [2.05, 4.69) is 5.32 Å². The number of nitrogens with one attached hydrogen (secondary N) is 1. The Balaban J connectivity index is 1.38. The molecule has 1 atom stereocenters. The second kappa shape index (κ2) is 4.70. The summed E-state index contributed by atoms with van der Waals surface area (Å²) in [6.07, 6.45) is 10.2. The lowest BCUT2D eigenvalue weighted by molar-refractivity contribution is -0.132. The van der Waals surface area contributed by atoms with Crippen LogP contribution in [0.25, 0.3) is 0 Å². The first-order chi connectivity index (χ1) is 9.63. The van der Waals surface area contributed by atoms with Crippen LogP contribution in [-0.4, -0.2) is 35.6 Å². The zero-order chi connectivity index (χ0) is 13.7. The molecule has 4 nitrogen and oxygen atoms in total. The molecule has 4 bridgehead atoms. The van der Waals surface area contributed by atoms with Gasteiger partial charge < -0.3 is 16.0 Å². The summed E-state index contributed by atoms with van der Waals surface area (Å²) < 4.78 is 0. The molecule has 5 rings (SSSR count). The first kappa shape index (κ1) is 13.1. The van der Waals surface area contributed by atoms with Crippen molar-refractivity contribution in [3.05, 3.63) is 0 Å². The van der Waals surface area contributed by atoms with Crippen LogP contribution in [-0.2, 0) is 4.79 Å². The number of nitrogens with two attached hydrogens (primary N) is 1. The Bertz CT molecular complexity index is 373. The van der Waals surface area contributed by atoms with Crippen LogP contribution in [0.3, 0.4) is 0 Å². The molecule has 4 heteroatoms. The average molecular weight is 277 g/mol. The Morgan fingerprint density at radius 1 is 1.15 bits per heavy atom. The zero-order valence-corrected chi connectivity index (χ0v) is 12.3. The first-order valence-electron chi connectivity index (χ1n) is 8.44. The second-order valence-electron chi connectivity index (χ2n) is 7.85. The number of carbonyl (C=O) groups is 1. The maximum absolute atomic E-state index is 12.3. The summed E-state index contributed by atoms with van der Waals surface area (Å²) in [4.78, 5) is 14.2. The smallest absolute Gasteiger partial charge is 0.237 e. The molecular formula is C16H27N3O. The molecule has 1 amide bonds. The quantitative estimate of drug-likeness (QED) is 0.821. The molecule has 0 aromatic carbocycles. The second-order valence-corrected chi connectivity index (χ2v) is 7.85. The lowest BCUT2D eigenvalue weighted by Gasteiger charge is -2.57. The van der Waals surface area contributed by atoms with Gasteiger partial charge in [0.2, 0.25) is 5.91 Å². The number of amides is 1. The fourth-order valence-corrected chi connectivity index (χ4v) is 5.79. The van der Waals surface area contributed by atoms with E-state index in [0.717, 1.165) is 37.1 Å². The molecule has 1 aliphatic heterocycles. The third-order valence-corrected chi connectivity index (χ3v) is 6.27. The standard InChI is InChI=1S/C16H27N3O/c17-14-2-1-3-19(14)15(20)10-18-16-7-11-4-12(8-16)6-13(5-11)9-16/h11-14,18H,1-10,17H2/t11?,12?,13?,14-,16?/m0/s1. The van der Waals surface area contributed by atoms with E-state index in [4.69, 9.17) is 5.73 Å². The van der Waals surface area contributed by atoms with Crippen LogP contribution in [0.15, 0.2) is 0 Å². The normalized spacial score (nSPS) is 46.1. The molecule has 0 unspecified atom stereocenters. The van der Waals surface area contributed by atoms with Crippen LogP contribution in [0.5, 0.6) is 0 Å². The maximum Gasteiger partial charge on any atom is 0.237 e. The van der Waals surface area contributed by atoms with Crippen molar-refractivity contribution in [3.63, 3.8) is 0 Å². The van der Waals surface area contributed by atoms with E-state index >= 15 is 0 Å². The molecule has 5 fully saturated rings. The van der Waals surface area contributed by atoms with Crippen molar-refractivity contribution in [3.8, 4) is 0 Å². The van der Waals surface area contributed by atoms with Gasteiger partial charge in [0.1, 0.15) is 0 Å². The highest BCUT2D eigenvalue weighted by Gasteiger charge is 2.50. The number of nitrogens with zero attached hydrogens (tertiary/aromatic N) is 1. The van der Waals surface area contributed by atoms with Gasteiger partial charge in [-0.3, -0.25) is 4.79 Å². The van der Waals surface area contributed by atoms with Gasteiger partial charge in [0.15, 0.2) is 0 Å². The van der Waals surface area contributed by atoms with Gasteiger partial charge in [0, 0.05) is 12.1 Å². The molecule has 0 spiro atoms. The summed E-state index contributed by atoms with van der Waals surface area (Å²) in [5.41, 5.74) is 6.28. The summed E-state index contributed by atoms with van der Waals surface area (Å²) in [6.45, 7) is 1.35. The largest absolute Gasteiger partial charge is 0.326 e. The molecule has 0 radical (unpaired) electrons. The Morgan fingerprint density at radius 2 is 1.75 bits per heavy atom. The van der Waals surface area contributed by atoms with Gasteiger partial charge in [0.25, 0.3) is 0 Å². The highest BCUT2D eigenvalue weighted by Crippen LogP contribution is 2.55. The van der Waals surface area contributed by atoms with Gasteiger partial charge in [-0.25, -0.2) is 0 Å². The lowest BCUT2D eigenvalue weighted by atomic mass is 9.53. The molecule has 0 aromatic rings. The molecule has 4 saturated carbocycles. The Morgan fingerprint density at radius 3 is 2.25 bits per heavy atom. The summed E-state index contributed by atoms with van der Waals surface area (Å²) in [5, 5.41) is 3.68. The number of carbonyl (C=O) groups excluding carboxylic acids is 1. The van der Waals surface area contributed by atoms with Gasteiger partial charge in [-0.1, -0.05) is 0 Å². The van der Waals surface area contributed by atoms with Crippen LogP contribution in [0, 0.1) is 17.8 Å². The fourth-order valence-electron chi connectivity index (χ4n) is 5.79. The molecular weight excluding hydrogens is 250 g/mol. The fraction of sp³-hybridized carbons (Fsp3) is 0.938. The minimum atomic E-state index is -0.0411. The Hall–Kier alpha value is -0.610. The number of hydrogen-bond donors (Lipinski definition) is 2. The highest BCUT2D eigenvalue weighted by atomic mass is 16.2. The van der Waals surface area contributed by atoms with Crippen molar-refractivity contribution < 1.29 is 4.79 Å². The summed E-state index contributed by atoms with van der Waals surface area (Å²) in [6, 6.07) is 0. The van der Waals surface area contributed by atoms with Gasteiger partial charge in [-0.05, 0) is 69.1 Å². The van der Waals surface area contributed by atoms with Crippen LogP contribution in [0.1, 0.15) is 51.4 Å². The predicted molar refractivity (Wildman–Crippen MR) is 77.8 cm³/mol. The average Bonchev–Trinajstić information content (AvgIpc) is 2.81. The van der Waals surface area contributed by atoms with Crippen LogP contribution < -0.4 is 11.1 Å². The number of likely N-dealkylation sites (tertiary alicyclic amines) is 1. The molecule has 5 aliphatic rings.